The molecular weight excluding hydrogens is 136 g/mol. The molecule has 5 nitrogen and oxygen atoms in total. The Kier molecular flexibility index (Phi) is 1.58. The van der Waals surface area contributed by atoms with Crippen LogP contribution in [0.2, 0.25) is 0 Å². The van der Waals surface area contributed by atoms with Crippen molar-refractivity contribution in [1.82, 2.24) is 5.32 Å². The van der Waals surface area contributed by atoms with Gasteiger partial charge in [0, 0.05) is 0 Å². The van der Waals surface area contributed by atoms with Crippen molar-refractivity contribution in [3.05, 3.63) is 0 Å². The number of nitrogens with two attached hydrogens (primary N) is 1. The molecule has 1 aliphatic rings. The molecule has 1 rings (SSSR count). The Balaban J connectivity index is 2.63. The summed E-state index contributed by atoms with van der Waals surface area (Å²) in [7, 11) is 0. The van der Waals surface area contributed by atoms with E-state index in [0.717, 1.165) is 0 Å². The van der Waals surface area contributed by atoms with E-state index in [1.165, 1.54) is 6.92 Å². The Morgan fingerprint density at radius 2 is 2.40 bits per heavy atom. The summed E-state index contributed by atoms with van der Waals surface area (Å²) < 4.78 is 4.51. The first-order valence-corrected chi connectivity index (χ1v) is 2.84. The maximum absolute atomic E-state index is 10.6. The van der Waals surface area contributed by atoms with Gasteiger partial charge in [0.05, 0.1) is 0 Å². The minimum absolute atomic E-state index is 0.245. The number of Topliss-reactive ketones (excluding diaryl/α,β-unsaturated/α-hetero) is 1. The van der Waals surface area contributed by atoms with Gasteiger partial charge in [-0.2, -0.15) is 0 Å². The second-order valence-corrected chi connectivity index (χ2v) is 2.11. The third-order valence-corrected chi connectivity index (χ3v) is 1.25. The quantitative estimate of drug-likeness (QED) is 0.493. The van der Waals surface area contributed by atoms with Gasteiger partial charge in [0.1, 0.15) is 6.17 Å². The lowest BCUT2D eigenvalue weighted by Crippen LogP contribution is -2.42. The molecule has 0 aliphatic carbocycles. The van der Waals surface area contributed by atoms with Gasteiger partial charge >= 0.3 is 6.09 Å². The van der Waals surface area contributed by atoms with Crippen LogP contribution in [0.5, 0.6) is 0 Å². The van der Waals surface area contributed by atoms with Crippen molar-refractivity contribution in [2.24, 2.45) is 5.73 Å². The summed E-state index contributed by atoms with van der Waals surface area (Å²) in [5, 5.41) is 2.24. The third kappa shape index (κ3) is 1.08. The van der Waals surface area contributed by atoms with Crippen molar-refractivity contribution in [1.29, 1.82) is 0 Å². The number of alkyl carbamates (subject to hydrolysis) is 1. The van der Waals surface area contributed by atoms with Crippen molar-refractivity contribution in [2.75, 3.05) is 0 Å². The molecule has 0 bridgehead atoms. The molecule has 10 heavy (non-hydrogen) atoms. The molecule has 1 saturated heterocycles. The smallest absolute Gasteiger partial charge is 0.409 e. The minimum Gasteiger partial charge on any atom is -0.435 e. The van der Waals surface area contributed by atoms with Crippen molar-refractivity contribution in [2.45, 2.75) is 19.2 Å². The number of amides is 1. The Hall–Kier alpha value is -1.10. The van der Waals surface area contributed by atoms with Gasteiger partial charge in [-0.15, -0.1) is 0 Å². The molecule has 3 N–H and O–H groups in total. The fraction of sp³-hybridized carbons (Fsp3) is 0.600. The molecular formula is C5H8N2O3. The summed E-state index contributed by atoms with van der Waals surface area (Å²) in [6.45, 7) is 1.32. The molecule has 0 aromatic carbocycles. The van der Waals surface area contributed by atoms with E-state index in [9.17, 15) is 9.59 Å². The Bertz CT molecular complexity index is 180. The zero-order chi connectivity index (χ0) is 7.72. The van der Waals surface area contributed by atoms with Gasteiger partial charge in [-0.3, -0.25) is 4.79 Å². The fourth-order valence-electron chi connectivity index (χ4n) is 0.770. The summed E-state index contributed by atoms with van der Waals surface area (Å²) in [6.07, 6.45) is -2.13. The molecule has 56 valence electrons. The maximum atomic E-state index is 10.6. The predicted octanol–water partition coefficient (Wildman–Crippen LogP) is -1.03. The first-order chi connectivity index (χ1) is 4.61. The van der Waals surface area contributed by atoms with Gasteiger partial charge in [0.25, 0.3) is 0 Å². The number of ether oxygens (including phenoxy) is 1. The SMILES string of the molecule is CC(=O)C1OC(=O)NC1N. The van der Waals surface area contributed by atoms with Gasteiger partial charge < -0.3 is 15.8 Å². The van der Waals surface area contributed by atoms with E-state index in [4.69, 9.17) is 5.73 Å². The number of carbonyl (C=O) groups is 2. The van der Waals surface area contributed by atoms with Crippen LogP contribution in [0.15, 0.2) is 0 Å². The van der Waals surface area contributed by atoms with Crippen LogP contribution in [0.4, 0.5) is 4.79 Å². The second kappa shape index (κ2) is 2.26. The number of hydrogen-bond acceptors (Lipinski definition) is 4. The number of nitrogens with one attached hydrogen (secondary N) is 1. The normalized spacial score (nSPS) is 31.2. The highest BCUT2D eigenvalue weighted by atomic mass is 16.6. The van der Waals surface area contributed by atoms with E-state index < -0.39 is 18.4 Å². The molecule has 0 saturated carbocycles. The Morgan fingerprint density at radius 1 is 1.80 bits per heavy atom. The third-order valence-electron chi connectivity index (χ3n) is 1.25. The van der Waals surface area contributed by atoms with Crippen LogP contribution in [0.3, 0.4) is 0 Å². The highest BCUT2D eigenvalue weighted by Crippen LogP contribution is 2.04. The number of ketones is 1. The predicted molar refractivity (Wildman–Crippen MR) is 32.1 cm³/mol. The zero-order valence-corrected chi connectivity index (χ0v) is 5.46. The zero-order valence-electron chi connectivity index (χ0n) is 5.46. The van der Waals surface area contributed by atoms with E-state index in [1.807, 2.05) is 0 Å². The van der Waals surface area contributed by atoms with E-state index in [1.54, 1.807) is 0 Å². The highest BCUT2D eigenvalue weighted by molar-refractivity contribution is 5.86. The number of hydrogen-bond donors (Lipinski definition) is 2. The molecule has 1 fully saturated rings. The number of carbonyl (C=O) groups excluding carboxylic acids is 2. The van der Waals surface area contributed by atoms with Crippen LogP contribution in [0, 0.1) is 0 Å². The summed E-state index contributed by atoms with van der Waals surface area (Å²) in [5.74, 6) is -0.245. The Morgan fingerprint density at radius 3 is 2.60 bits per heavy atom. The van der Waals surface area contributed by atoms with Crippen LogP contribution in [0.1, 0.15) is 6.92 Å². The van der Waals surface area contributed by atoms with Crippen LogP contribution in [-0.4, -0.2) is 24.1 Å². The van der Waals surface area contributed by atoms with Crippen molar-refractivity contribution < 1.29 is 14.3 Å². The summed E-state index contributed by atoms with van der Waals surface area (Å²) in [4.78, 5) is 21.0. The van der Waals surface area contributed by atoms with E-state index in [-0.39, 0.29) is 5.78 Å². The second-order valence-electron chi connectivity index (χ2n) is 2.11. The monoisotopic (exact) mass is 144 g/mol. The standard InChI is InChI=1S/C5H8N2O3/c1-2(8)3-4(6)7-5(9)10-3/h3-4H,6H2,1H3,(H,7,9). The molecule has 2 unspecified atom stereocenters. The molecule has 1 heterocycles. The lowest BCUT2D eigenvalue weighted by Gasteiger charge is -2.06. The molecule has 5 heteroatoms. The van der Waals surface area contributed by atoms with Crippen LogP contribution < -0.4 is 11.1 Å². The topological polar surface area (TPSA) is 81.4 Å². The van der Waals surface area contributed by atoms with Crippen LogP contribution in [0.25, 0.3) is 0 Å². The van der Waals surface area contributed by atoms with Crippen molar-refractivity contribution in [3.63, 3.8) is 0 Å². The summed E-state index contributed by atoms with van der Waals surface area (Å²) in [6, 6.07) is 0. The van der Waals surface area contributed by atoms with Gasteiger partial charge in [-0.1, -0.05) is 0 Å². The van der Waals surface area contributed by atoms with Crippen LogP contribution >= 0.6 is 0 Å². The van der Waals surface area contributed by atoms with Crippen molar-refractivity contribution in [3.8, 4) is 0 Å². The fourth-order valence-corrected chi connectivity index (χ4v) is 0.770. The van der Waals surface area contributed by atoms with E-state index in [0.29, 0.717) is 0 Å². The van der Waals surface area contributed by atoms with E-state index >= 15 is 0 Å². The summed E-state index contributed by atoms with van der Waals surface area (Å²) in [5.41, 5.74) is 5.29. The largest absolute Gasteiger partial charge is 0.435 e. The molecule has 0 radical (unpaired) electrons. The molecule has 0 aromatic heterocycles. The molecule has 1 aliphatic heterocycles. The average Bonchev–Trinajstić information content (AvgIpc) is 2.10. The molecule has 2 atom stereocenters. The molecule has 1 amide bonds. The first kappa shape index (κ1) is 7.01. The Labute approximate surface area is 57.5 Å². The van der Waals surface area contributed by atoms with Crippen molar-refractivity contribution >= 4 is 11.9 Å². The molecule has 0 aromatic rings. The van der Waals surface area contributed by atoms with Gasteiger partial charge in [-0.05, 0) is 6.92 Å². The minimum atomic E-state index is -0.813. The average molecular weight is 144 g/mol. The summed E-state index contributed by atoms with van der Waals surface area (Å²) >= 11 is 0. The number of rotatable bonds is 1. The van der Waals surface area contributed by atoms with Gasteiger partial charge in [-0.25, -0.2) is 4.79 Å². The van der Waals surface area contributed by atoms with Gasteiger partial charge in [0.2, 0.25) is 0 Å². The molecule has 0 spiro atoms. The first-order valence-electron chi connectivity index (χ1n) is 2.84. The van der Waals surface area contributed by atoms with Crippen LogP contribution in [-0.2, 0) is 9.53 Å². The number of cyclic esters (lactones) is 1. The lowest BCUT2D eigenvalue weighted by molar-refractivity contribution is -0.124. The van der Waals surface area contributed by atoms with E-state index in [2.05, 4.69) is 10.1 Å². The highest BCUT2D eigenvalue weighted by Gasteiger charge is 2.34. The lowest BCUT2D eigenvalue weighted by atomic mass is 10.2. The maximum Gasteiger partial charge on any atom is 0.409 e. The van der Waals surface area contributed by atoms with Gasteiger partial charge in [0.15, 0.2) is 11.9 Å².